The van der Waals surface area contributed by atoms with E-state index in [1.54, 1.807) is 19.1 Å². The Labute approximate surface area is 119 Å². The number of carbonyl (C=O) groups is 2. The first-order valence-corrected chi connectivity index (χ1v) is 6.47. The van der Waals surface area contributed by atoms with Crippen LogP contribution in [-0.2, 0) is 15.3 Å². The van der Waals surface area contributed by atoms with E-state index >= 15 is 0 Å². The summed E-state index contributed by atoms with van der Waals surface area (Å²) in [5.41, 5.74) is -1.97. The van der Waals surface area contributed by atoms with E-state index in [4.69, 9.17) is 0 Å². The minimum atomic E-state index is -2.05. The highest BCUT2D eigenvalue weighted by atomic mass is 79.9. The Kier molecular flexibility index (Phi) is 5.02. The zero-order valence-corrected chi connectivity index (χ0v) is 12.1. The Morgan fingerprint density at radius 2 is 2.16 bits per heavy atom. The maximum atomic E-state index is 11.3. The van der Waals surface area contributed by atoms with E-state index in [0.29, 0.717) is 4.60 Å². The number of halogens is 1. The molecule has 0 aliphatic rings. The van der Waals surface area contributed by atoms with E-state index < -0.39 is 23.5 Å². The van der Waals surface area contributed by atoms with Gasteiger partial charge in [0.2, 0.25) is 5.91 Å². The van der Waals surface area contributed by atoms with E-state index in [1.165, 1.54) is 13.0 Å². The molecule has 0 aliphatic heterocycles. The molecule has 0 bridgehead atoms. The number of carbonyl (C=O) groups excluding carboxylic acids is 1. The Morgan fingerprint density at radius 1 is 1.53 bits per heavy atom. The molecule has 2 atom stereocenters. The van der Waals surface area contributed by atoms with E-state index in [9.17, 15) is 19.8 Å². The third kappa shape index (κ3) is 3.51. The van der Waals surface area contributed by atoms with Gasteiger partial charge in [0.1, 0.15) is 10.5 Å². The van der Waals surface area contributed by atoms with E-state index in [1.807, 2.05) is 0 Å². The van der Waals surface area contributed by atoms with Crippen molar-refractivity contribution in [1.29, 1.82) is 0 Å². The number of aliphatic carboxylic acids is 1. The Bertz CT molecular complexity index is 494. The molecule has 0 aliphatic carbocycles. The summed E-state index contributed by atoms with van der Waals surface area (Å²) in [4.78, 5) is 26.6. The standard InChI is InChI=1S/C12H15BrN2O4/c1-3-8(11(17)18)12(19,15-7(2)16)9-5-4-6-10(13)14-9/h4-6,8,19H,3H2,1-2H3,(H,15,16)(H,17,18). The van der Waals surface area contributed by atoms with E-state index in [-0.39, 0.29) is 12.1 Å². The topological polar surface area (TPSA) is 99.5 Å². The molecule has 1 rings (SSSR count). The molecule has 0 saturated heterocycles. The van der Waals surface area contributed by atoms with Crippen molar-refractivity contribution in [2.45, 2.75) is 26.0 Å². The molecule has 104 valence electrons. The first-order valence-electron chi connectivity index (χ1n) is 5.68. The van der Waals surface area contributed by atoms with Crippen molar-refractivity contribution >= 4 is 27.8 Å². The third-order valence-corrected chi connectivity index (χ3v) is 3.12. The molecule has 7 heteroatoms. The van der Waals surface area contributed by atoms with Crippen molar-refractivity contribution in [3.8, 4) is 0 Å². The molecule has 1 amide bonds. The van der Waals surface area contributed by atoms with Gasteiger partial charge < -0.3 is 15.5 Å². The minimum absolute atomic E-state index is 0.0753. The summed E-state index contributed by atoms with van der Waals surface area (Å²) in [7, 11) is 0. The second-order valence-electron chi connectivity index (χ2n) is 4.09. The first kappa shape index (κ1) is 15.6. The number of carboxylic acids is 1. The summed E-state index contributed by atoms with van der Waals surface area (Å²) in [6.45, 7) is 2.82. The van der Waals surface area contributed by atoms with E-state index in [2.05, 4.69) is 26.2 Å². The van der Waals surface area contributed by atoms with Crippen molar-refractivity contribution in [2.24, 2.45) is 5.92 Å². The van der Waals surface area contributed by atoms with Crippen LogP contribution in [0.1, 0.15) is 26.0 Å². The Morgan fingerprint density at radius 3 is 2.58 bits per heavy atom. The Balaban J connectivity index is 3.33. The average Bonchev–Trinajstić information content (AvgIpc) is 2.28. The molecule has 0 radical (unpaired) electrons. The van der Waals surface area contributed by atoms with Gasteiger partial charge in [0, 0.05) is 6.92 Å². The SMILES string of the molecule is CCC(C(=O)O)C(O)(NC(C)=O)c1cccc(Br)n1. The number of nitrogens with one attached hydrogen (secondary N) is 1. The Hall–Kier alpha value is -1.47. The molecule has 19 heavy (non-hydrogen) atoms. The van der Waals surface area contributed by atoms with Crippen LogP contribution in [0.5, 0.6) is 0 Å². The average molecular weight is 331 g/mol. The van der Waals surface area contributed by atoms with Crippen molar-refractivity contribution in [1.82, 2.24) is 10.3 Å². The maximum Gasteiger partial charge on any atom is 0.311 e. The molecule has 0 aromatic carbocycles. The fourth-order valence-corrected chi connectivity index (χ4v) is 2.21. The fourth-order valence-electron chi connectivity index (χ4n) is 1.87. The van der Waals surface area contributed by atoms with Crippen LogP contribution in [0, 0.1) is 5.92 Å². The predicted molar refractivity (Wildman–Crippen MR) is 71.1 cm³/mol. The van der Waals surface area contributed by atoms with Crippen LogP contribution in [-0.4, -0.2) is 27.1 Å². The highest BCUT2D eigenvalue weighted by Gasteiger charge is 2.44. The third-order valence-electron chi connectivity index (χ3n) is 2.68. The number of rotatable bonds is 5. The number of nitrogens with zero attached hydrogens (tertiary/aromatic N) is 1. The second kappa shape index (κ2) is 6.12. The molecular weight excluding hydrogens is 316 g/mol. The number of hydrogen-bond donors (Lipinski definition) is 3. The van der Waals surface area contributed by atoms with Gasteiger partial charge in [0.25, 0.3) is 0 Å². The van der Waals surface area contributed by atoms with Crippen LogP contribution < -0.4 is 5.32 Å². The summed E-state index contributed by atoms with van der Waals surface area (Å²) in [6, 6.07) is 4.71. The van der Waals surface area contributed by atoms with Gasteiger partial charge in [-0.2, -0.15) is 0 Å². The number of pyridine rings is 1. The molecule has 2 unspecified atom stereocenters. The van der Waals surface area contributed by atoms with Crippen LogP contribution in [0.3, 0.4) is 0 Å². The summed E-state index contributed by atoms with van der Waals surface area (Å²) in [5.74, 6) is -2.94. The molecular formula is C12H15BrN2O4. The zero-order chi connectivity index (χ0) is 14.6. The molecule has 0 saturated carbocycles. The molecule has 3 N–H and O–H groups in total. The number of hydrogen-bond acceptors (Lipinski definition) is 4. The zero-order valence-electron chi connectivity index (χ0n) is 10.6. The molecule has 0 spiro atoms. The van der Waals surface area contributed by atoms with Crippen LogP contribution in [0.15, 0.2) is 22.8 Å². The van der Waals surface area contributed by atoms with Crippen LogP contribution >= 0.6 is 15.9 Å². The van der Waals surface area contributed by atoms with Gasteiger partial charge in [-0.1, -0.05) is 13.0 Å². The van der Waals surface area contributed by atoms with Crippen molar-refractivity contribution in [3.05, 3.63) is 28.5 Å². The van der Waals surface area contributed by atoms with Crippen molar-refractivity contribution in [2.75, 3.05) is 0 Å². The number of amides is 1. The fraction of sp³-hybridized carbons (Fsp3) is 0.417. The number of aromatic nitrogens is 1. The summed E-state index contributed by atoms with van der Waals surface area (Å²) in [5, 5.41) is 22.1. The maximum absolute atomic E-state index is 11.3. The van der Waals surface area contributed by atoms with Crippen molar-refractivity contribution in [3.63, 3.8) is 0 Å². The largest absolute Gasteiger partial charge is 0.481 e. The van der Waals surface area contributed by atoms with Gasteiger partial charge in [-0.3, -0.25) is 9.59 Å². The lowest BCUT2D eigenvalue weighted by Gasteiger charge is -2.33. The van der Waals surface area contributed by atoms with Gasteiger partial charge in [-0.25, -0.2) is 4.98 Å². The first-order chi connectivity index (χ1) is 8.81. The number of carboxylic acid groups (broad SMARTS) is 1. The smallest absolute Gasteiger partial charge is 0.311 e. The summed E-state index contributed by atoms with van der Waals surface area (Å²) < 4.78 is 0.439. The van der Waals surface area contributed by atoms with Gasteiger partial charge in [-0.15, -0.1) is 0 Å². The van der Waals surface area contributed by atoms with Crippen LogP contribution in [0.25, 0.3) is 0 Å². The van der Waals surface area contributed by atoms with Crippen molar-refractivity contribution < 1.29 is 19.8 Å². The van der Waals surface area contributed by atoms with E-state index in [0.717, 1.165) is 0 Å². The second-order valence-corrected chi connectivity index (χ2v) is 4.90. The lowest BCUT2D eigenvalue weighted by atomic mass is 9.89. The monoisotopic (exact) mass is 330 g/mol. The lowest BCUT2D eigenvalue weighted by Crippen LogP contribution is -2.53. The van der Waals surface area contributed by atoms with Gasteiger partial charge in [0.15, 0.2) is 5.72 Å². The molecule has 1 heterocycles. The summed E-state index contributed by atoms with van der Waals surface area (Å²) in [6.07, 6.45) is 0.139. The van der Waals surface area contributed by atoms with Gasteiger partial charge in [0.05, 0.1) is 5.69 Å². The molecule has 1 aromatic rings. The molecule has 0 fully saturated rings. The minimum Gasteiger partial charge on any atom is -0.481 e. The lowest BCUT2D eigenvalue weighted by molar-refractivity contribution is -0.159. The van der Waals surface area contributed by atoms with Gasteiger partial charge in [-0.05, 0) is 34.5 Å². The predicted octanol–water partition coefficient (Wildman–Crippen LogP) is 1.24. The highest BCUT2D eigenvalue weighted by Crippen LogP contribution is 2.29. The molecule has 1 aromatic heterocycles. The summed E-state index contributed by atoms with van der Waals surface area (Å²) >= 11 is 3.15. The number of aliphatic hydroxyl groups is 1. The molecule has 6 nitrogen and oxygen atoms in total. The van der Waals surface area contributed by atoms with Crippen LogP contribution in [0.4, 0.5) is 0 Å². The normalized spacial score (nSPS) is 15.4. The quantitative estimate of drug-likeness (QED) is 0.557. The van der Waals surface area contributed by atoms with Gasteiger partial charge >= 0.3 is 5.97 Å². The van der Waals surface area contributed by atoms with Crippen LogP contribution in [0.2, 0.25) is 0 Å². The highest BCUT2D eigenvalue weighted by molar-refractivity contribution is 9.10.